The van der Waals surface area contributed by atoms with Crippen LogP contribution in [0.1, 0.15) is 43.6 Å². The molecular weight excluding hydrogens is 466 g/mol. The number of carboxylic acid groups (broad SMARTS) is 1. The average Bonchev–Trinajstić information content (AvgIpc) is 3.23. The molecule has 0 aliphatic heterocycles. The van der Waals surface area contributed by atoms with E-state index >= 15 is 0 Å². The number of nitrogens with zero attached hydrogens (tertiary/aromatic N) is 2. The van der Waals surface area contributed by atoms with Gasteiger partial charge in [0.15, 0.2) is 5.65 Å². The average molecular weight is 490 g/mol. The van der Waals surface area contributed by atoms with E-state index < -0.39 is 5.97 Å². The highest BCUT2D eigenvalue weighted by molar-refractivity contribution is 9.10. The lowest BCUT2D eigenvalue weighted by molar-refractivity contribution is -0.138. The molecule has 5 rings (SSSR count). The van der Waals surface area contributed by atoms with Crippen molar-refractivity contribution in [3.8, 4) is 22.5 Å². The van der Waals surface area contributed by atoms with Crippen LogP contribution in [0.3, 0.4) is 0 Å². The quantitative estimate of drug-likeness (QED) is 0.322. The van der Waals surface area contributed by atoms with Gasteiger partial charge in [-0.1, -0.05) is 48.5 Å². The van der Waals surface area contributed by atoms with Crippen molar-refractivity contribution < 1.29 is 9.90 Å². The number of aliphatic carboxylic acids is 1. The number of rotatable bonds is 5. The van der Waals surface area contributed by atoms with Crippen LogP contribution >= 0.6 is 15.9 Å². The number of aromatic amines is 1. The molecule has 2 aromatic heterocycles. The predicted octanol–water partition coefficient (Wildman–Crippen LogP) is 6.80. The molecule has 0 unspecified atom stereocenters. The minimum atomic E-state index is -0.672. The van der Waals surface area contributed by atoms with Crippen LogP contribution < -0.4 is 0 Å². The van der Waals surface area contributed by atoms with Crippen LogP contribution in [0.5, 0.6) is 0 Å². The first-order valence-corrected chi connectivity index (χ1v) is 11.8. The van der Waals surface area contributed by atoms with Gasteiger partial charge in [-0.25, -0.2) is 9.97 Å². The number of aromatic nitrogens is 3. The van der Waals surface area contributed by atoms with E-state index in [2.05, 4.69) is 79.4 Å². The maximum Gasteiger partial charge on any atom is 0.303 e. The number of pyridine rings is 1. The molecule has 2 N–H and O–H groups in total. The minimum Gasteiger partial charge on any atom is -0.481 e. The predicted molar refractivity (Wildman–Crippen MR) is 129 cm³/mol. The molecule has 2 aromatic carbocycles. The molecule has 0 amide bonds. The molecule has 0 saturated heterocycles. The fourth-order valence-corrected chi connectivity index (χ4v) is 5.06. The summed E-state index contributed by atoms with van der Waals surface area (Å²) in [6.07, 6.45) is 6.23. The standard InChI is InChI=1S/C26H24BrN3O2/c27-22-14-23-26(28-15-22)30-25(29-23)21-11-9-20(10-12-21)19-7-5-18(6-8-19)17-3-1-16(2-4-17)13-24(31)32/h5-12,14-17H,1-4,13H2,(H,31,32)(H,28,29,30). The van der Waals surface area contributed by atoms with Gasteiger partial charge in [0.05, 0.1) is 5.52 Å². The van der Waals surface area contributed by atoms with Gasteiger partial charge in [-0.05, 0) is 76.2 Å². The van der Waals surface area contributed by atoms with Crippen LogP contribution in [0.2, 0.25) is 0 Å². The smallest absolute Gasteiger partial charge is 0.303 e. The fourth-order valence-electron chi connectivity index (χ4n) is 4.73. The number of hydrogen-bond donors (Lipinski definition) is 2. The number of nitrogens with one attached hydrogen (secondary N) is 1. The van der Waals surface area contributed by atoms with Gasteiger partial charge in [-0.15, -0.1) is 0 Å². The lowest BCUT2D eigenvalue weighted by atomic mass is 9.77. The van der Waals surface area contributed by atoms with Gasteiger partial charge >= 0.3 is 5.97 Å². The molecule has 1 fully saturated rings. The third-order valence-corrected chi connectivity index (χ3v) is 6.92. The summed E-state index contributed by atoms with van der Waals surface area (Å²) >= 11 is 3.44. The molecule has 1 aliphatic carbocycles. The van der Waals surface area contributed by atoms with Crippen LogP contribution in [0.4, 0.5) is 0 Å². The molecule has 0 radical (unpaired) electrons. The number of halogens is 1. The van der Waals surface area contributed by atoms with Gasteiger partial charge < -0.3 is 10.1 Å². The first-order chi connectivity index (χ1) is 15.5. The van der Waals surface area contributed by atoms with E-state index in [1.165, 1.54) is 16.7 Å². The molecule has 4 aromatic rings. The Labute approximate surface area is 195 Å². The second-order valence-electron chi connectivity index (χ2n) is 8.62. The van der Waals surface area contributed by atoms with Crippen LogP contribution in [0.15, 0.2) is 65.3 Å². The van der Waals surface area contributed by atoms with Crippen molar-refractivity contribution in [1.82, 2.24) is 15.0 Å². The van der Waals surface area contributed by atoms with Crippen LogP contribution in [-0.2, 0) is 4.79 Å². The number of hydrogen-bond acceptors (Lipinski definition) is 3. The second-order valence-corrected chi connectivity index (χ2v) is 9.54. The number of benzene rings is 2. The van der Waals surface area contributed by atoms with Gasteiger partial charge in [0.1, 0.15) is 5.82 Å². The molecule has 2 heterocycles. The highest BCUT2D eigenvalue weighted by Crippen LogP contribution is 2.37. The Morgan fingerprint density at radius 1 is 0.969 bits per heavy atom. The lowest BCUT2D eigenvalue weighted by Gasteiger charge is -2.28. The monoisotopic (exact) mass is 489 g/mol. The maximum absolute atomic E-state index is 10.9. The van der Waals surface area contributed by atoms with Crippen LogP contribution in [0.25, 0.3) is 33.7 Å². The van der Waals surface area contributed by atoms with Crippen molar-refractivity contribution in [2.24, 2.45) is 5.92 Å². The summed E-state index contributed by atoms with van der Waals surface area (Å²) < 4.78 is 0.923. The highest BCUT2D eigenvalue weighted by atomic mass is 79.9. The molecule has 32 heavy (non-hydrogen) atoms. The fraction of sp³-hybridized carbons (Fsp3) is 0.269. The zero-order valence-corrected chi connectivity index (χ0v) is 19.2. The van der Waals surface area contributed by atoms with E-state index in [4.69, 9.17) is 5.11 Å². The summed E-state index contributed by atoms with van der Waals surface area (Å²) in [5.41, 5.74) is 6.36. The minimum absolute atomic E-state index is 0.309. The maximum atomic E-state index is 10.9. The topological polar surface area (TPSA) is 78.9 Å². The van der Waals surface area contributed by atoms with E-state index in [9.17, 15) is 4.79 Å². The molecular formula is C26H24BrN3O2. The third-order valence-electron chi connectivity index (χ3n) is 6.49. The van der Waals surface area contributed by atoms with Crippen molar-refractivity contribution in [1.29, 1.82) is 0 Å². The van der Waals surface area contributed by atoms with Gasteiger partial charge in [0.2, 0.25) is 0 Å². The zero-order valence-electron chi connectivity index (χ0n) is 17.6. The molecule has 5 nitrogen and oxygen atoms in total. The normalized spacial score (nSPS) is 18.7. The van der Waals surface area contributed by atoms with E-state index in [-0.39, 0.29) is 0 Å². The molecule has 0 spiro atoms. The third kappa shape index (κ3) is 4.46. The van der Waals surface area contributed by atoms with E-state index in [0.717, 1.165) is 47.1 Å². The van der Waals surface area contributed by atoms with Gasteiger partial charge in [-0.2, -0.15) is 0 Å². The molecule has 0 atom stereocenters. The Balaban J connectivity index is 1.27. The summed E-state index contributed by atoms with van der Waals surface area (Å²) in [7, 11) is 0. The van der Waals surface area contributed by atoms with E-state index in [1.807, 2.05) is 6.07 Å². The zero-order chi connectivity index (χ0) is 22.1. The number of carboxylic acids is 1. The van der Waals surface area contributed by atoms with E-state index in [0.29, 0.717) is 23.9 Å². The highest BCUT2D eigenvalue weighted by Gasteiger charge is 2.23. The lowest BCUT2D eigenvalue weighted by Crippen LogP contribution is -2.16. The van der Waals surface area contributed by atoms with Crippen LogP contribution in [-0.4, -0.2) is 26.0 Å². The van der Waals surface area contributed by atoms with Crippen LogP contribution in [0, 0.1) is 5.92 Å². The summed E-state index contributed by atoms with van der Waals surface area (Å²) in [6, 6.07) is 19.2. The first kappa shape index (κ1) is 20.9. The van der Waals surface area contributed by atoms with Crippen molar-refractivity contribution in [3.63, 3.8) is 0 Å². The molecule has 6 heteroatoms. The number of fused-ring (bicyclic) bond motifs is 1. The number of imidazole rings is 1. The first-order valence-electron chi connectivity index (χ1n) is 11.0. The second kappa shape index (κ2) is 8.87. The molecule has 162 valence electrons. The Morgan fingerprint density at radius 2 is 1.59 bits per heavy atom. The van der Waals surface area contributed by atoms with E-state index in [1.54, 1.807) is 6.20 Å². The van der Waals surface area contributed by atoms with Crippen molar-refractivity contribution in [3.05, 3.63) is 70.8 Å². The van der Waals surface area contributed by atoms with Gasteiger partial charge in [0.25, 0.3) is 0 Å². The Morgan fingerprint density at radius 3 is 2.25 bits per heavy atom. The summed E-state index contributed by atoms with van der Waals surface area (Å²) in [5, 5.41) is 9.00. The Bertz CT molecular complexity index is 1240. The summed E-state index contributed by atoms with van der Waals surface area (Å²) in [4.78, 5) is 23.2. The summed E-state index contributed by atoms with van der Waals surface area (Å²) in [6.45, 7) is 0. The number of H-pyrrole nitrogens is 1. The number of carbonyl (C=O) groups is 1. The molecule has 1 aliphatic rings. The Kier molecular flexibility index (Phi) is 5.79. The van der Waals surface area contributed by atoms with Crippen molar-refractivity contribution in [2.75, 3.05) is 0 Å². The Hall–Kier alpha value is -2.99. The largest absolute Gasteiger partial charge is 0.481 e. The van der Waals surface area contributed by atoms with Crippen molar-refractivity contribution >= 4 is 33.1 Å². The van der Waals surface area contributed by atoms with Gasteiger partial charge in [-0.3, -0.25) is 4.79 Å². The molecule has 0 bridgehead atoms. The SMILES string of the molecule is O=C(O)CC1CCC(c2ccc(-c3ccc(-c4nc5ncc(Br)cc5[nH]4)cc3)cc2)CC1. The summed E-state index contributed by atoms with van der Waals surface area (Å²) in [5.74, 6) is 1.02. The molecule has 1 saturated carbocycles. The van der Waals surface area contributed by atoms with Gasteiger partial charge in [0, 0.05) is 22.7 Å². The van der Waals surface area contributed by atoms with Crippen molar-refractivity contribution in [2.45, 2.75) is 38.0 Å².